The Kier molecular flexibility index (Phi) is 5.62. The second kappa shape index (κ2) is 8.15. The molecule has 1 aromatic carbocycles. The molecule has 5 nitrogen and oxygen atoms in total. The van der Waals surface area contributed by atoms with Crippen molar-refractivity contribution in [2.45, 2.75) is 47.6 Å². The summed E-state index contributed by atoms with van der Waals surface area (Å²) in [4.78, 5) is 19.6. The van der Waals surface area contributed by atoms with Crippen LogP contribution in [0.25, 0.3) is 11.4 Å². The van der Waals surface area contributed by atoms with Crippen molar-refractivity contribution in [3.8, 4) is 11.4 Å². The van der Waals surface area contributed by atoms with Crippen LogP contribution in [0.2, 0.25) is 5.02 Å². The molecule has 0 aromatic heterocycles. The van der Waals surface area contributed by atoms with Gasteiger partial charge in [-0.1, -0.05) is 23.4 Å². The fourth-order valence-corrected chi connectivity index (χ4v) is 4.69. The van der Waals surface area contributed by atoms with Gasteiger partial charge in [0.15, 0.2) is 0 Å². The Morgan fingerprint density at radius 3 is 2.64 bits per heavy atom. The van der Waals surface area contributed by atoms with Gasteiger partial charge in [0.25, 0.3) is 5.91 Å². The van der Waals surface area contributed by atoms with Crippen LogP contribution in [0.3, 0.4) is 0 Å². The van der Waals surface area contributed by atoms with Crippen molar-refractivity contribution in [1.29, 1.82) is 0 Å². The van der Waals surface area contributed by atoms with Gasteiger partial charge in [-0.15, -0.1) is 0 Å². The zero-order valence-electron chi connectivity index (χ0n) is 15.6. The smallest absolute Gasteiger partial charge is 0.271 e. The molecule has 7 heteroatoms. The highest BCUT2D eigenvalue weighted by molar-refractivity contribution is 7.99. The highest BCUT2D eigenvalue weighted by Crippen LogP contribution is 2.40. The van der Waals surface area contributed by atoms with Gasteiger partial charge in [0.05, 0.1) is 11.0 Å². The highest BCUT2D eigenvalue weighted by atomic mass is 35.5. The van der Waals surface area contributed by atoms with Crippen molar-refractivity contribution < 1.29 is 9.90 Å². The van der Waals surface area contributed by atoms with Gasteiger partial charge in [0.1, 0.15) is 11.5 Å². The van der Waals surface area contributed by atoms with Crippen molar-refractivity contribution in [2.24, 2.45) is 7.05 Å². The number of aliphatic hydroxyl groups is 1. The number of hydrogen-bond donors (Lipinski definition) is 2. The first-order chi connectivity index (χ1) is 13.5. The number of nitrogens with one attached hydrogen (secondary N) is 1. The maximum absolute atomic E-state index is 13.1. The van der Waals surface area contributed by atoms with Crippen molar-refractivity contribution >= 4 is 29.3 Å². The molecule has 28 heavy (non-hydrogen) atoms. The first-order valence-corrected chi connectivity index (χ1v) is 10.6. The van der Waals surface area contributed by atoms with E-state index in [9.17, 15) is 9.90 Å². The first-order valence-electron chi connectivity index (χ1n) is 9.38. The molecule has 0 spiro atoms. The summed E-state index contributed by atoms with van der Waals surface area (Å²) < 4.78 is 1.93. The van der Waals surface area contributed by atoms with E-state index >= 15 is 0 Å². The van der Waals surface area contributed by atoms with Crippen LogP contribution >= 0.6 is 23.4 Å². The number of nitrogens with zero attached hydrogens (tertiary/aromatic N) is 2. The molecule has 1 aromatic rings. The van der Waals surface area contributed by atoms with E-state index in [2.05, 4.69) is 10.3 Å². The van der Waals surface area contributed by atoms with E-state index in [0.29, 0.717) is 10.7 Å². The molecule has 0 unspecified atom stereocenters. The fraction of sp³-hybridized carbons (Fsp3) is 0.333. The van der Waals surface area contributed by atoms with Gasteiger partial charge in [0, 0.05) is 34.8 Å². The van der Waals surface area contributed by atoms with Crippen molar-refractivity contribution in [2.75, 3.05) is 0 Å². The number of fused-ring (bicyclic) bond motifs is 1. The molecule has 1 saturated carbocycles. The molecule has 0 bridgehead atoms. The molecular weight excluding hydrogens is 394 g/mol. The van der Waals surface area contributed by atoms with Crippen LogP contribution < -0.4 is 5.32 Å². The van der Waals surface area contributed by atoms with Crippen LogP contribution in [0.4, 0.5) is 0 Å². The Labute approximate surface area is 173 Å². The zero-order chi connectivity index (χ0) is 19.7. The van der Waals surface area contributed by atoms with Crippen LogP contribution in [0.1, 0.15) is 36.2 Å². The lowest BCUT2D eigenvalue weighted by atomic mass is 9.93. The minimum absolute atomic E-state index is 0.0813. The summed E-state index contributed by atoms with van der Waals surface area (Å²) in [7, 11) is 1.93. The molecular formula is C21H22ClN3O2S. The van der Waals surface area contributed by atoms with Crippen LogP contribution in [0, 0.1) is 0 Å². The molecule has 3 aliphatic rings. The topological polar surface area (TPSA) is 67.2 Å². The lowest BCUT2D eigenvalue weighted by Gasteiger charge is -2.26. The Morgan fingerprint density at radius 1 is 1.21 bits per heavy atom. The number of aromatic nitrogens is 2. The van der Waals surface area contributed by atoms with Crippen LogP contribution in [0.5, 0.6) is 0 Å². The molecule has 2 aliphatic heterocycles. The summed E-state index contributed by atoms with van der Waals surface area (Å²) in [6, 6.07) is 11.6. The second-order valence-corrected chi connectivity index (χ2v) is 8.70. The predicted molar refractivity (Wildman–Crippen MR) is 111 cm³/mol. The van der Waals surface area contributed by atoms with E-state index in [1.807, 2.05) is 54.2 Å². The quantitative estimate of drug-likeness (QED) is 0.664. The molecule has 4 rings (SSSR count). The Balaban J connectivity index is 1.65. The van der Waals surface area contributed by atoms with E-state index in [0.717, 1.165) is 46.9 Å². The second-order valence-electron chi connectivity index (χ2n) is 7.18. The van der Waals surface area contributed by atoms with Gasteiger partial charge in [-0.25, -0.2) is 4.98 Å². The lowest BCUT2D eigenvalue weighted by Crippen LogP contribution is -2.38. The Bertz CT molecular complexity index is 949. The molecule has 1 fully saturated rings. The van der Waals surface area contributed by atoms with E-state index in [4.69, 9.17) is 11.6 Å². The number of benzene rings is 1. The number of aliphatic hydroxyl groups excluding tert-OH is 1. The monoisotopic (exact) mass is 415 g/mol. The number of aryl methyl sites for hydroxylation is 1. The van der Waals surface area contributed by atoms with Crippen molar-refractivity contribution in [3.63, 3.8) is 0 Å². The van der Waals surface area contributed by atoms with Gasteiger partial charge in [-0.05, 0) is 62.1 Å². The lowest BCUT2D eigenvalue weighted by molar-refractivity contribution is 0.0861. The number of hydrogen-bond acceptors (Lipinski definition) is 4. The zero-order valence-corrected chi connectivity index (χ0v) is 17.1. The van der Waals surface area contributed by atoms with Gasteiger partial charge < -0.3 is 15.0 Å². The number of rotatable bonds is 4. The van der Waals surface area contributed by atoms with Crippen molar-refractivity contribution in [3.05, 3.63) is 53.3 Å². The van der Waals surface area contributed by atoms with E-state index in [-0.39, 0.29) is 18.1 Å². The van der Waals surface area contributed by atoms with Crippen LogP contribution in [0.15, 0.2) is 52.4 Å². The summed E-state index contributed by atoms with van der Waals surface area (Å²) in [5.41, 5.74) is 1.40. The average Bonchev–Trinajstić information content (AvgIpc) is 3.05. The summed E-state index contributed by atoms with van der Waals surface area (Å²) in [6.07, 6.45) is 4.71. The highest BCUT2D eigenvalue weighted by Gasteiger charge is 2.28. The molecule has 146 valence electrons. The van der Waals surface area contributed by atoms with Crippen molar-refractivity contribution in [1.82, 2.24) is 14.9 Å². The number of halogens is 1. The summed E-state index contributed by atoms with van der Waals surface area (Å²) in [5, 5.41) is 13.5. The maximum atomic E-state index is 13.1. The van der Waals surface area contributed by atoms with Crippen LogP contribution in [-0.4, -0.2) is 32.7 Å². The minimum Gasteiger partial charge on any atom is -0.393 e. The van der Waals surface area contributed by atoms with Gasteiger partial charge in [-0.3, -0.25) is 4.79 Å². The molecule has 2 N–H and O–H groups in total. The van der Waals surface area contributed by atoms with E-state index in [1.54, 1.807) is 0 Å². The third-order valence-electron chi connectivity index (χ3n) is 5.11. The molecule has 1 aliphatic carbocycles. The standard InChI is InChI=1S/C21H22ClN3O2S/c1-25-12-2-3-17-19(28-16-10-4-13(22)5-11-16)18(24-20(17)25)21(27)23-14-6-8-15(26)9-7-14/h2-5,10-12,14-15,26H,6-9H2,1H3,(H,23,27). The van der Waals surface area contributed by atoms with Crippen LogP contribution in [-0.2, 0) is 7.05 Å². The van der Waals surface area contributed by atoms with E-state index < -0.39 is 0 Å². The molecule has 1 amide bonds. The number of carbonyl (C=O) groups is 1. The fourth-order valence-electron chi connectivity index (χ4n) is 3.56. The third kappa shape index (κ3) is 4.04. The average molecular weight is 416 g/mol. The van der Waals surface area contributed by atoms with Gasteiger partial charge in [0.2, 0.25) is 0 Å². The number of amides is 1. The maximum Gasteiger partial charge on any atom is 0.271 e. The number of carbonyl (C=O) groups excluding carboxylic acids is 1. The molecule has 0 atom stereocenters. The third-order valence-corrected chi connectivity index (χ3v) is 6.48. The molecule has 0 radical (unpaired) electrons. The predicted octanol–water partition coefficient (Wildman–Crippen LogP) is 4.36. The molecule has 2 heterocycles. The molecule has 0 saturated heterocycles. The largest absolute Gasteiger partial charge is 0.393 e. The minimum atomic E-state index is -0.247. The Morgan fingerprint density at radius 2 is 1.93 bits per heavy atom. The van der Waals surface area contributed by atoms with Gasteiger partial charge in [-0.2, -0.15) is 0 Å². The normalized spacial score (nSPS) is 19.7. The van der Waals surface area contributed by atoms with E-state index in [1.165, 1.54) is 11.8 Å². The summed E-state index contributed by atoms with van der Waals surface area (Å²) in [5.74, 6) is 0.622. The SMILES string of the molecule is Cn1cccc2c(Sc3ccc(Cl)cc3)c(C(=O)NC3CCC(O)CC3)nc1-2. The van der Waals surface area contributed by atoms with Gasteiger partial charge >= 0.3 is 0 Å². The summed E-state index contributed by atoms with van der Waals surface area (Å²) >= 11 is 7.53. The first kappa shape index (κ1) is 19.3. The Hall–Kier alpha value is -2.02. The summed E-state index contributed by atoms with van der Waals surface area (Å²) in [6.45, 7) is 0. The number of pyridine rings is 1.